The average Bonchev–Trinajstić information content (AvgIpc) is 2.64. The van der Waals surface area contributed by atoms with Gasteiger partial charge in [0.1, 0.15) is 5.82 Å². The first-order valence-corrected chi connectivity index (χ1v) is 10.1. The molecule has 1 saturated heterocycles. The zero-order valence-electron chi connectivity index (χ0n) is 13.9. The Kier molecular flexibility index (Phi) is 5.48. The molecule has 3 rings (SSSR count). The molecule has 26 heavy (non-hydrogen) atoms. The van der Waals surface area contributed by atoms with Crippen LogP contribution in [0.5, 0.6) is 0 Å². The summed E-state index contributed by atoms with van der Waals surface area (Å²) in [7, 11) is -4.06. The summed E-state index contributed by atoms with van der Waals surface area (Å²) in [5.41, 5.74) is -0.0312. The van der Waals surface area contributed by atoms with Crippen LogP contribution in [0.25, 0.3) is 0 Å². The second kappa shape index (κ2) is 7.63. The van der Waals surface area contributed by atoms with Crippen molar-refractivity contribution >= 4 is 33.2 Å². The van der Waals surface area contributed by atoms with E-state index in [1.54, 1.807) is 4.90 Å². The molecule has 5 nitrogen and oxygen atoms in total. The average molecular weight is 397 g/mol. The van der Waals surface area contributed by atoms with E-state index in [1.165, 1.54) is 36.4 Å². The number of hydrogen-bond donors (Lipinski definition) is 1. The van der Waals surface area contributed by atoms with E-state index >= 15 is 0 Å². The Bertz CT molecular complexity index is 928. The molecule has 0 radical (unpaired) electrons. The zero-order chi connectivity index (χ0) is 18.7. The van der Waals surface area contributed by atoms with Gasteiger partial charge in [-0.1, -0.05) is 23.7 Å². The maximum Gasteiger partial charge on any atom is 0.262 e. The minimum atomic E-state index is -4.06. The quantitative estimate of drug-likeness (QED) is 0.852. The summed E-state index contributed by atoms with van der Waals surface area (Å²) in [6.07, 6.45) is 2.89. The van der Waals surface area contributed by atoms with E-state index in [0.29, 0.717) is 13.1 Å². The lowest BCUT2D eigenvalue weighted by atomic mass is 10.1. The number of hydrogen-bond acceptors (Lipinski definition) is 3. The smallest absolute Gasteiger partial charge is 0.262 e. The zero-order valence-corrected chi connectivity index (χ0v) is 15.5. The molecular formula is C18H18ClFN2O3S. The summed E-state index contributed by atoms with van der Waals surface area (Å²) in [6, 6.07) is 9.36. The van der Waals surface area contributed by atoms with E-state index in [4.69, 9.17) is 11.6 Å². The first-order chi connectivity index (χ1) is 12.4. The molecule has 2 aromatic carbocycles. The molecule has 0 bridgehead atoms. The number of carbonyl (C=O) groups is 1. The van der Waals surface area contributed by atoms with Crippen LogP contribution in [-0.2, 0) is 10.0 Å². The minimum absolute atomic E-state index is 0.130. The summed E-state index contributed by atoms with van der Waals surface area (Å²) < 4.78 is 41.1. The number of sulfonamides is 1. The molecule has 1 fully saturated rings. The molecular weight excluding hydrogens is 379 g/mol. The normalized spacial score (nSPS) is 14.9. The van der Waals surface area contributed by atoms with E-state index in [1.807, 2.05) is 0 Å². The number of halogens is 2. The van der Waals surface area contributed by atoms with Crippen LogP contribution in [0.15, 0.2) is 47.4 Å². The predicted molar refractivity (Wildman–Crippen MR) is 98.4 cm³/mol. The fourth-order valence-electron chi connectivity index (χ4n) is 2.85. The number of piperidine rings is 1. The van der Waals surface area contributed by atoms with E-state index in [0.717, 1.165) is 25.3 Å². The van der Waals surface area contributed by atoms with Crippen molar-refractivity contribution in [2.75, 3.05) is 17.8 Å². The number of nitrogens with one attached hydrogen (secondary N) is 1. The van der Waals surface area contributed by atoms with Gasteiger partial charge in [0.15, 0.2) is 0 Å². The summed E-state index contributed by atoms with van der Waals surface area (Å²) >= 11 is 6.12. The predicted octanol–water partition coefficient (Wildman–Crippen LogP) is 3.91. The van der Waals surface area contributed by atoms with Crippen molar-refractivity contribution in [3.8, 4) is 0 Å². The first kappa shape index (κ1) is 18.7. The molecule has 1 aliphatic rings. The van der Waals surface area contributed by atoms with Crippen LogP contribution < -0.4 is 4.72 Å². The number of anilines is 1. The molecule has 1 amide bonds. The van der Waals surface area contributed by atoms with E-state index in [-0.39, 0.29) is 27.1 Å². The number of nitrogens with zero attached hydrogens (tertiary/aromatic N) is 1. The van der Waals surface area contributed by atoms with Gasteiger partial charge in [-0.3, -0.25) is 9.52 Å². The first-order valence-electron chi connectivity index (χ1n) is 8.25. The van der Waals surface area contributed by atoms with Crippen molar-refractivity contribution in [3.05, 3.63) is 58.9 Å². The van der Waals surface area contributed by atoms with Crippen LogP contribution in [0.2, 0.25) is 5.02 Å². The lowest BCUT2D eigenvalue weighted by Gasteiger charge is -2.27. The summed E-state index contributed by atoms with van der Waals surface area (Å²) in [6.45, 7) is 1.25. The van der Waals surface area contributed by atoms with Gasteiger partial charge in [0, 0.05) is 13.1 Å². The summed E-state index contributed by atoms with van der Waals surface area (Å²) in [4.78, 5) is 14.2. The van der Waals surface area contributed by atoms with Crippen LogP contribution in [0.4, 0.5) is 10.1 Å². The van der Waals surface area contributed by atoms with Crippen LogP contribution in [0.1, 0.15) is 29.6 Å². The Labute approximate surface area is 156 Å². The largest absolute Gasteiger partial charge is 0.339 e. The number of para-hydroxylation sites is 1. The van der Waals surface area contributed by atoms with Gasteiger partial charge in [-0.05, 0) is 49.6 Å². The van der Waals surface area contributed by atoms with Crippen molar-refractivity contribution in [1.82, 2.24) is 4.90 Å². The Morgan fingerprint density at radius 3 is 2.46 bits per heavy atom. The van der Waals surface area contributed by atoms with Crippen molar-refractivity contribution in [3.63, 3.8) is 0 Å². The molecule has 2 aromatic rings. The van der Waals surface area contributed by atoms with Crippen molar-refractivity contribution in [2.45, 2.75) is 24.2 Å². The molecule has 1 N–H and O–H groups in total. The van der Waals surface area contributed by atoms with Crippen LogP contribution >= 0.6 is 11.6 Å². The van der Waals surface area contributed by atoms with Gasteiger partial charge in [0.05, 0.1) is 21.2 Å². The second-order valence-corrected chi connectivity index (χ2v) is 8.17. The molecule has 0 atom stereocenters. The van der Waals surface area contributed by atoms with Gasteiger partial charge in [0.25, 0.3) is 15.9 Å². The third-order valence-electron chi connectivity index (χ3n) is 4.24. The van der Waals surface area contributed by atoms with Gasteiger partial charge in [-0.25, -0.2) is 12.8 Å². The molecule has 1 heterocycles. The molecule has 0 spiro atoms. The molecule has 0 saturated carbocycles. The van der Waals surface area contributed by atoms with Gasteiger partial charge >= 0.3 is 0 Å². The minimum Gasteiger partial charge on any atom is -0.339 e. The van der Waals surface area contributed by atoms with Crippen LogP contribution in [0.3, 0.4) is 0 Å². The highest BCUT2D eigenvalue weighted by molar-refractivity contribution is 7.92. The monoisotopic (exact) mass is 396 g/mol. The number of carbonyl (C=O) groups excluding carboxylic acids is 1. The van der Waals surface area contributed by atoms with E-state index < -0.39 is 15.8 Å². The third kappa shape index (κ3) is 3.99. The van der Waals surface area contributed by atoms with Crippen molar-refractivity contribution in [1.29, 1.82) is 0 Å². The molecule has 8 heteroatoms. The standard InChI is InChI=1S/C18H18ClFN2O3S/c19-15-9-8-13(12-14(15)18(23)22-10-4-1-5-11-22)26(24,25)21-17-7-3-2-6-16(17)20/h2-3,6-9,12,21H,1,4-5,10-11H2. The SMILES string of the molecule is O=C(c1cc(S(=O)(=O)Nc2ccccc2F)ccc1Cl)N1CCCCC1. The molecule has 138 valence electrons. The number of benzene rings is 2. The van der Waals surface area contributed by atoms with Gasteiger partial charge in [0.2, 0.25) is 0 Å². The van der Waals surface area contributed by atoms with Crippen LogP contribution in [0, 0.1) is 5.82 Å². The van der Waals surface area contributed by atoms with Gasteiger partial charge in [-0.15, -0.1) is 0 Å². The van der Waals surface area contributed by atoms with Crippen molar-refractivity contribution in [2.24, 2.45) is 0 Å². The van der Waals surface area contributed by atoms with Crippen molar-refractivity contribution < 1.29 is 17.6 Å². The lowest BCUT2D eigenvalue weighted by Crippen LogP contribution is -2.35. The summed E-state index contributed by atoms with van der Waals surface area (Å²) in [5, 5.41) is 0.186. The fourth-order valence-corrected chi connectivity index (χ4v) is 4.14. The Hall–Kier alpha value is -2.12. The number of rotatable bonds is 4. The Morgan fingerprint density at radius 2 is 1.77 bits per heavy atom. The number of likely N-dealkylation sites (tertiary alicyclic amines) is 1. The maximum absolute atomic E-state index is 13.7. The van der Waals surface area contributed by atoms with Gasteiger partial charge < -0.3 is 4.90 Å². The summed E-state index contributed by atoms with van der Waals surface area (Å²) in [5.74, 6) is -0.979. The topological polar surface area (TPSA) is 66.5 Å². The van der Waals surface area contributed by atoms with Gasteiger partial charge in [-0.2, -0.15) is 0 Å². The van der Waals surface area contributed by atoms with E-state index in [2.05, 4.69) is 4.72 Å². The maximum atomic E-state index is 13.7. The van der Waals surface area contributed by atoms with Crippen LogP contribution in [-0.4, -0.2) is 32.3 Å². The Balaban J connectivity index is 1.91. The van der Waals surface area contributed by atoms with E-state index in [9.17, 15) is 17.6 Å². The Morgan fingerprint density at radius 1 is 1.08 bits per heavy atom. The molecule has 0 unspecified atom stereocenters. The highest BCUT2D eigenvalue weighted by atomic mass is 35.5. The molecule has 1 aliphatic heterocycles. The number of amides is 1. The molecule has 0 aromatic heterocycles. The third-order valence-corrected chi connectivity index (χ3v) is 5.93. The highest BCUT2D eigenvalue weighted by Crippen LogP contribution is 2.25. The highest BCUT2D eigenvalue weighted by Gasteiger charge is 2.24. The fraction of sp³-hybridized carbons (Fsp3) is 0.278. The lowest BCUT2D eigenvalue weighted by molar-refractivity contribution is 0.0724. The second-order valence-electron chi connectivity index (χ2n) is 6.08. The molecule has 0 aliphatic carbocycles.